The molecule has 1 aliphatic carbocycles. The lowest BCUT2D eigenvalue weighted by molar-refractivity contribution is 0.175. The molecule has 0 aromatic rings. The molecule has 0 aromatic heterocycles. The summed E-state index contributed by atoms with van der Waals surface area (Å²) in [4.78, 5) is 0. The van der Waals surface area contributed by atoms with Crippen molar-refractivity contribution in [2.75, 3.05) is 19.8 Å². The normalized spacial score (nSPS) is 28.8. The van der Waals surface area contributed by atoms with E-state index in [1.165, 1.54) is 32.1 Å². The van der Waals surface area contributed by atoms with Gasteiger partial charge in [-0.2, -0.15) is 0 Å². The lowest BCUT2D eigenvalue weighted by Crippen LogP contribution is -2.40. The second kappa shape index (κ2) is 4.84. The zero-order chi connectivity index (χ0) is 10.7. The molecule has 2 fully saturated rings. The van der Waals surface area contributed by atoms with E-state index in [1.807, 2.05) is 0 Å². The highest BCUT2D eigenvalue weighted by atomic mass is 16.5. The van der Waals surface area contributed by atoms with Gasteiger partial charge in [-0.3, -0.25) is 0 Å². The molecule has 1 saturated heterocycles. The molecule has 1 unspecified atom stereocenters. The molecule has 0 spiro atoms. The number of hydrogen-bond donors (Lipinski definition) is 1. The van der Waals surface area contributed by atoms with E-state index in [0.717, 1.165) is 25.7 Å². The summed E-state index contributed by atoms with van der Waals surface area (Å²) >= 11 is 0. The minimum Gasteiger partial charge on any atom is -0.380 e. The monoisotopic (exact) mass is 211 g/mol. The maximum atomic E-state index is 5.39. The summed E-state index contributed by atoms with van der Waals surface area (Å²) in [7, 11) is 0. The van der Waals surface area contributed by atoms with E-state index in [2.05, 4.69) is 19.2 Å². The highest BCUT2D eigenvalue weighted by Gasteiger charge is 2.32. The maximum absolute atomic E-state index is 5.39. The Morgan fingerprint density at radius 1 is 1.20 bits per heavy atom. The second-order valence-corrected chi connectivity index (χ2v) is 5.91. The topological polar surface area (TPSA) is 21.3 Å². The first kappa shape index (κ1) is 11.4. The van der Waals surface area contributed by atoms with Crippen LogP contribution in [0.4, 0.5) is 0 Å². The summed E-state index contributed by atoms with van der Waals surface area (Å²) in [5, 5.41) is 3.67. The molecule has 0 bridgehead atoms. The first-order chi connectivity index (χ1) is 7.18. The smallest absolute Gasteiger partial charge is 0.0620 e. The molecule has 2 heteroatoms. The van der Waals surface area contributed by atoms with E-state index in [-0.39, 0.29) is 0 Å². The van der Waals surface area contributed by atoms with Crippen molar-refractivity contribution in [2.45, 2.75) is 52.0 Å². The standard InChI is InChI=1S/C13H25NO/c1-13(2,11-5-3-4-6-11)10-14-12-7-8-15-9-12/h11-12,14H,3-10H2,1-2H3. The molecule has 2 nitrogen and oxygen atoms in total. The van der Waals surface area contributed by atoms with Gasteiger partial charge in [-0.1, -0.05) is 26.7 Å². The predicted octanol–water partition coefficient (Wildman–Crippen LogP) is 2.58. The highest BCUT2D eigenvalue weighted by molar-refractivity contribution is 4.85. The molecule has 0 amide bonds. The summed E-state index contributed by atoms with van der Waals surface area (Å²) in [5.74, 6) is 0.937. The van der Waals surface area contributed by atoms with Crippen molar-refractivity contribution in [3.63, 3.8) is 0 Å². The van der Waals surface area contributed by atoms with Crippen LogP contribution in [0.3, 0.4) is 0 Å². The summed E-state index contributed by atoms with van der Waals surface area (Å²) < 4.78 is 5.39. The Morgan fingerprint density at radius 3 is 2.53 bits per heavy atom. The van der Waals surface area contributed by atoms with Gasteiger partial charge in [0, 0.05) is 19.2 Å². The van der Waals surface area contributed by atoms with Crippen LogP contribution in [0.1, 0.15) is 46.0 Å². The average molecular weight is 211 g/mol. The van der Waals surface area contributed by atoms with Gasteiger partial charge in [0.25, 0.3) is 0 Å². The van der Waals surface area contributed by atoms with Crippen molar-refractivity contribution in [1.82, 2.24) is 5.32 Å². The fourth-order valence-electron chi connectivity index (χ4n) is 2.95. The van der Waals surface area contributed by atoms with Gasteiger partial charge in [0.05, 0.1) is 6.61 Å². The molecule has 0 aromatic carbocycles. The molecule has 88 valence electrons. The number of rotatable bonds is 4. The summed E-state index contributed by atoms with van der Waals surface area (Å²) in [6, 6.07) is 0.616. The van der Waals surface area contributed by atoms with Crippen molar-refractivity contribution < 1.29 is 4.74 Å². The Bertz CT molecular complexity index is 191. The number of ether oxygens (including phenoxy) is 1. The van der Waals surface area contributed by atoms with Crippen molar-refractivity contribution in [3.8, 4) is 0 Å². The molecule has 1 saturated carbocycles. The molecular formula is C13H25NO. The lowest BCUT2D eigenvalue weighted by atomic mass is 9.77. The van der Waals surface area contributed by atoms with Gasteiger partial charge >= 0.3 is 0 Å². The average Bonchev–Trinajstić information content (AvgIpc) is 2.88. The Hall–Kier alpha value is -0.0800. The summed E-state index contributed by atoms with van der Waals surface area (Å²) in [6.07, 6.45) is 6.97. The molecule has 1 atom stereocenters. The van der Waals surface area contributed by atoms with Crippen LogP contribution in [0.15, 0.2) is 0 Å². The SMILES string of the molecule is CC(C)(CNC1CCOC1)C1CCCC1. The van der Waals surface area contributed by atoms with Gasteiger partial charge in [-0.25, -0.2) is 0 Å². The largest absolute Gasteiger partial charge is 0.380 e. The van der Waals surface area contributed by atoms with Crippen LogP contribution in [0, 0.1) is 11.3 Å². The van der Waals surface area contributed by atoms with E-state index >= 15 is 0 Å². The molecule has 2 rings (SSSR count). The third-order valence-corrected chi connectivity index (χ3v) is 4.24. The zero-order valence-corrected chi connectivity index (χ0v) is 10.2. The van der Waals surface area contributed by atoms with Crippen molar-refractivity contribution in [1.29, 1.82) is 0 Å². The zero-order valence-electron chi connectivity index (χ0n) is 10.2. The molecule has 15 heavy (non-hydrogen) atoms. The Kier molecular flexibility index (Phi) is 3.68. The third-order valence-electron chi connectivity index (χ3n) is 4.24. The molecule has 1 heterocycles. The summed E-state index contributed by atoms with van der Waals surface area (Å²) in [5.41, 5.74) is 0.471. The van der Waals surface area contributed by atoms with Gasteiger partial charge in [0.2, 0.25) is 0 Å². The maximum Gasteiger partial charge on any atom is 0.0620 e. The third kappa shape index (κ3) is 2.94. The van der Waals surface area contributed by atoms with E-state index < -0.39 is 0 Å². The number of hydrogen-bond acceptors (Lipinski definition) is 2. The van der Waals surface area contributed by atoms with E-state index in [0.29, 0.717) is 11.5 Å². The molecule has 0 radical (unpaired) electrons. The van der Waals surface area contributed by atoms with Crippen molar-refractivity contribution in [3.05, 3.63) is 0 Å². The first-order valence-electron chi connectivity index (χ1n) is 6.49. The second-order valence-electron chi connectivity index (χ2n) is 5.91. The fourth-order valence-corrected chi connectivity index (χ4v) is 2.95. The van der Waals surface area contributed by atoms with Crippen LogP contribution in [0.5, 0.6) is 0 Å². The minimum absolute atomic E-state index is 0.471. The van der Waals surface area contributed by atoms with E-state index in [9.17, 15) is 0 Å². The highest BCUT2D eigenvalue weighted by Crippen LogP contribution is 2.39. The molecule has 1 aliphatic heterocycles. The van der Waals surface area contributed by atoms with Gasteiger partial charge < -0.3 is 10.1 Å². The van der Waals surface area contributed by atoms with Crippen LogP contribution in [-0.2, 0) is 4.74 Å². The molecule has 1 N–H and O–H groups in total. The Balaban J connectivity index is 1.75. The predicted molar refractivity (Wildman–Crippen MR) is 63.0 cm³/mol. The number of nitrogens with one attached hydrogen (secondary N) is 1. The van der Waals surface area contributed by atoms with Gasteiger partial charge in [0.1, 0.15) is 0 Å². The van der Waals surface area contributed by atoms with Gasteiger partial charge in [-0.15, -0.1) is 0 Å². The molecule has 2 aliphatic rings. The molecular weight excluding hydrogens is 186 g/mol. The van der Waals surface area contributed by atoms with E-state index in [1.54, 1.807) is 0 Å². The van der Waals surface area contributed by atoms with Crippen LogP contribution >= 0.6 is 0 Å². The van der Waals surface area contributed by atoms with Crippen LogP contribution in [0.25, 0.3) is 0 Å². The van der Waals surface area contributed by atoms with Gasteiger partial charge in [0.15, 0.2) is 0 Å². The fraction of sp³-hybridized carbons (Fsp3) is 1.00. The van der Waals surface area contributed by atoms with Crippen LogP contribution in [0.2, 0.25) is 0 Å². The first-order valence-corrected chi connectivity index (χ1v) is 6.49. The Morgan fingerprint density at radius 2 is 1.93 bits per heavy atom. The minimum atomic E-state index is 0.471. The van der Waals surface area contributed by atoms with Gasteiger partial charge in [-0.05, 0) is 30.6 Å². The van der Waals surface area contributed by atoms with Crippen LogP contribution in [-0.4, -0.2) is 25.8 Å². The van der Waals surface area contributed by atoms with Crippen molar-refractivity contribution >= 4 is 0 Å². The summed E-state index contributed by atoms with van der Waals surface area (Å²) in [6.45, 7) is 7.87. The lowest BCUT2D eigenvalue weighted by Gasteiger charge is -2.33. The van der Waals surface area contributed by atoms with Crippen LogP contribution < -0.4 is 5.32 Å². The van der Waals surface area contributed by atoms with E-state index in [4.69, 9.17) is 4.74 Å². The van der Waals surface area contributed by atoms with Crippen molar-refractivity contribution in [2.24, 2.45) is 11.3 Å². The Labute approximate surface area is 93.8 Å². The quantitative estimate of drug-likeness (QED) is 0.771.